The van der Waals surface area contributed by atoms with E-state index in [-0.39, 0.29) is 0 Å². The van der Waals surface area contributed by atoms with Crippen LogP contribution in [0.25, 0.3) is 11.3 Å². The third-order valence-corrected chi connectivity index (χ3v) is 5.31. The highest BCUT2D eigenvalue weighted by atomic mass is 15.1. The lowest BCUT2D eigenvalue weighted by Gasteiger charge is -2.17. The third-order valence-electron chi connectivity index (χ3n) is 5.31. The Kier molecular flexibility index (Phi) is 4.83. The molecule has 5 heteroatoms. The lowest BCUT2D eigenvalue weighted by Crippen LogP contribution is -2.22. The summed E-state index contributed by atoms with van der Waals surface area (Å²) in [6.45, 7) is 4.61. The van der Waals surface area contributed by atoms with E-state index in [9.17, 15) is 0 Å². The molecular weight excluding hydrogens is 310 g/mol. The Morgan fingerprint density at radius 3 is 2.76 bits per heavy atom. The van der Waals surface area contributed by atoms with Crippen LogP contribution in [-0.2, 0) is 12.8 Å². The summed E-state index contributed by atoms with van der Waals surface area (Å²) < 4.78 is 0. The molecule has 132 valence electrons. The molecule has 2 aliphatic rings. The number of rotatable bonds is 5. The molecule has 0 radical (unpaired) electrons. The minimum absolute atomic E-state index is 0.359. The average molecular weight is 337 g/mol. The van der Waals surface area contributed by atoms with Gasteiger partial charge in [0.2, 0.25) is 5.95 Å². The molecule has 1 aliphatic heterocycles. The summed E-state index contributed by atoms with van der Waals surface area (Å²) in [4.78, 5) is 11.6. The lowest BCUT2D eigenvalue weighted by molar-refractivity contribution is 0.337. The van der Waals surface area contributed by atoms with Gasteiger partial charge in [0.1, 0.15) is 5.82 Å². The number of fused-ring (bicyclic) bond motifs is 3. The van der Waals surface area contributed by atoms with Gasteiger partial charge in [0, 0.05) is 17.7 Å². The second-order valence-corrected chi connectivity index (χ2v) is 7.10. The second-order valence-electron chi connectivity index (χ2n) is 7.10. The molecular formula is C20H27N5. The number of benzene rings is 1. The van der Waals surface area contributed by atoms with Crippen LogP contribution in [0.2, 0.25) is 0 Å². The first-order valence-corrected chi connectivity index (χ1v) is 9.52. The van der Waals surface area contributed by atoms with Crippen molar-refractivity contribution in [1.29, 1.82) is 0 Å². The quantitative estimate of drug-likeness (QED) is 0.821. The molecule has 0 unspecified atom stereocenters. The fourth-order valence-electron chi connectivity index (χ4n) is 4.05. The summed E-state index contributed by atoms with van der Waals surface area (Å²) in [6.07, 6.45) is 7.04. The van der Waals surface area contributed by atoms with Crippen molar-refractivity contribution in [1.82, 2.24) is 14.9 Å². The van der Waals surface area contributed by atoms with Gasteiger partial charge >= 0.3 is 0 Å². The minimum atomic E-state index is 0.359. The van der Waals surface area contributed by atoms with Crippen LogP contribution < -0.4 is 11.1 Å². The molecule has 1 fully saturated rings. The molecule has 1 aliphatic carbocycles. The molecule has 0 amide bonds. The molecule has 3 N–H and O–H groups in total. The minimum Gasteiger partial charge on any atom is -0.370 e. The van der Waals surface area contributed by atoms with Crippen LogP contribution in [0.3, 0.4) is 0 Å². The van der Waals surface area contributed by atoms with Crippen molar-refractivity contribution in [2.75, 3.05) is 37.2 Å². The summed E-state index contributed by atoms with van der Waals surface area (Å²) >= 11 is 0. The first kappa shape index (κ1) is 16.3. The maximum atomic E-state index is 6.02. The number of nitrogens with one attached hydrogen (secondary N) is 1. The molecule has 2 aromatic rings. The van der Waals surface area contributed by atoms with Crippen LogP contribution in [-0.4, -0.2) is 41.0 Å². The molecule has 2 heterocycles. The molecule has 0 bridgehead atoms. The number of hydrogen-bond donors (Lipinski definition) is 2. The standard InChI is InChI=1S/C20H27N5/c21-20-23-18-16-9-2-1-7-15(16)8-5-10-17(18)19(24-20)22-11-6-14-25-12-3-4-13-25/h1-2,7,9H,3-6,8,10-14H2,(H3,21,22,23,24). The van der Waals surface area contributed by atoms with Gasteiger partial charge in [-0.2, -0.15) is 4.98 Å². The molecule has 25 heavy (non-hydrogen) atoms. The van der Waals surface area contributed by atoms with E-state index in [2.05, 4.69) is 44.5 Å². The number of nitrogens with zero attached hydrogens (tertiary/aromatic N) is 3. The van der Waals surface area contributed by atoms with Crippen LogP contribution in [0.15, 0.2) is 24.3 Å². The number of aromatic nitrogens is 2. The number of hydrogen-bond acceptors (Lipinski definition) is 5. The van der Waals surface area contributed by atoms with Gasteiger partial charge in [-0.25, -0.2) is 4.98 Å². The summed E-state index contributed by atoms with van der Waals surface area (Å²) in [5, 5.41) is 3.54. The van der Waals surface area contributed by atoms with Crippen molar-refractivity contribution >= 4 is 11.8 Å². The topological polar surface area (TPSA) is 67.1 Å². The Hall–Kier alpha value is -2.14. The van der Waals surface area contributed by atoms with Crippen LogP contribution in [0.4, 0.5) is 11.8 Å². The van der Waals surface area contributed by atoms with E-state index in [0.717, 1.165) is 43.7 Å². The van der Waals surface area contributed by atoms with Gasteiger partial charge in [-0.3, -0.25) is 0 Å². The van der Waals surface area contributed by atoms with E-state index >= 15 is 0 Å². The summed E-state index contributed by atoms with van der Waals surface area (Å²) in [7, 11) is 0. The van der Waals surface area contributed by atoms with Crippen LogP contribution in [0.1, 0.15) is 36.8 Å². The van der Waals surface area contributed by atoms with Crippen molar-refractivity contribution in [3.8, 4) is 11.3 Å². The van der Waals surface area contributed by atoms with Gasteiger partial charge in [-0.15, -0.1) is 0 Å². The highest BCUT2D eigenvalue weighted by Gasteiger charge is 2.20. The van der Waals surface area contributed by atoms with Gasteiger partial charge < -0.3 is 16.0 Å². The van der Waals surface area contributed by atoms with E-state index in [0.29, 0.717) is 5.95 Å². The molecule has 0 spiro atoms. The van der Waals surface area contributed by atoms with Gasteiger partial charge in [0.15, 0.2) is 0 Å². The zero-order valence-corrected chi connectivity index (χ0v) is 14.8. The normalized spacial score (nSPS) is 17.0. The van der Waals surface area contributed by atoms with Crippen LogP contribution >= 0.6 is 0 Å². The van der Waals surface area contributed by atoms with Gasteiger partial charge in [0.05, 0.1) is 5.69 Å². The zero-order chi connectivity index (χ0) is 17.1. The van der Waals surface area contributed by atoms with Crippen LogP contribution in [0.5, 0.6) is 0 Å². The number of likely N-dealkylation sites (tertiary alicyclic amines) is 1. The number of nitrogen functional groups attached to an aromatic ring is 1. The van der Waals surface area contributed by atoms with Gasteiger partial charge in [-0.05, 0) is 63.7 Å². The SMILES string of the molecule is Nc1nc(NCCCN2CCCC2)c2c(n1)-c1ccccc1CCC2. The fourth-order valence-corrected chi connectivity index (χ4v) is 4.05. The van der Waals surface area contributed by atoms with Crippen molar-refractivity contribution in [2.45, 2.75) is 38.5 Å². The molecule has 0 atom stereocenters. The second kappa shape index (κ2) is 7.40. The lowest BCUT2D eigenvalue weighted by atomic mass is 10.0. The largest absolute Gasteiger partial charge is 0.370 e. The molecule has 1 aromatic carbocycles. The van der Waals surface area contributed by atoms with E-state index in [1.807, 2.05) is 0 Å². The predicted molar refractivity (Wildman–Crippen MR) is 103 cm³/mol. The van der Waals surface area contributed by atoms with Gasteiger partial charge in [-0.1, -0.05) is 24.3 Å². The summed E-state index contributed by atoms with van der Waals surface area (Å²) in [5.74, 6) is 1.29. The first-order valence-electron chi connectivity index (χ1n) is 9.52. The number of anilines is 2. The Labute approximate surface area is 149 Å². The van der Waals surface area contributed by atoms with Crippen LogP contribution in [0, 0.1) is 0 Å². The van der Waals surface area contributed by atoms with E-state index < -0.39 is 0 Å². The van der Waals surface area contributed by atoms with E-state index in [1.54, 1.807) is 0 Å². The van der Waals surface area contributed by atoms with Crippen molar-refractivity contribution in [2.24, 2.45) is 0 Å². The highest BCUT2D eigenvalue weighted by Crippen LogP contribution is 2.34. The van der Waals surface area contributed by atoms with Crippen molar-refractivity contribution in [3.05, 3.63) is 35.4 Å². The molecule has 1 aromatic heterocycles. The smallest absolute Gasteiger partial charge is 0.222 e. The zero-order valence-electron chi connectivity index (χ0n) is 14.8. The van der Waals surface area contributed by atoms with E-state index in [1.165, 1.54) is 49.2 Å². The van der Waals surface area contributed by atoms with Crippen molar-refractivity contribution in [3.63, 3.8) is 0 Å². The number of nitrogens with two attached hydrogens (primary N) is 1. The highest BCUT2D eigenvalue weighted by molar-refractivity contribution is 5.73. The first-order chi connectivity index (χ1) is 12.3. The Morgan fingerprint density at radius 1 is 1.04 bits per heavy atom. The predicted octanol–water partition coefficient (Wildman–Crippen LogP) is 3.11. The monoisotopic (exact) mass is 337 g/mol. The molecule has 0 saturated carbocycles. The molecule has 1 saturated heterocycles. The van der Waals surface area contributed by atoms with E-state index in [4.69, 9.17) is 5.73 Å². The van der Waals surface area contributed by atoms with Crippen molar-refractivity contribution < 1.29 is 0 Å². The summed E-state index contributed by atoms with van der Waals surface area (Å²) in [6, 6.07) is 8.54. The Bertz CT molecular complexity index is 737. The molecule has 5 nitrogen and oxygen atoms in total. The number of aryl methyl sites for hydroxylation is 1. The fraction of sp³-hybridized carbons (Fsp3) is 0.500. The maximum absolute atomic E-state index is 6.02. The Balaban J connectivity index is 1.52. The van der Waals surface area contributed by atoms with Gasteiger partial charge in [0.25, 0.3) is 0 Å². The maximum Gasteiger partial charge on any atom is 0.222 e. The Morgan fingerprint density at radius 2 is 1.88 bits per heavy atom. The summed E-state index contributed by atoms with van der Waals surface area (Å²) in [5.41, 5.74) is 10.8. The molecule has 4 rings (SSSR count). The third kappa shape index (κ3) is 3.61. The average Bonchev–Trinajstić information content (AvgIpc) is 3.07.